The molecular formula is C13H12ClFN2O. The molecule has 0 amide bonds. The predicted molar refractivity (Wildman–Crippen MR) is 67.4 cm³/mol. The molecule has 2 rings (SSSR count). The summed E-state index contributed by atoms with van der Waals surface area (Å²) >= 11 is 5.57. The van der Waals surface area contributed by atoms with E-state index in [0.717, 1.165) is 17.5 Å². The normalized spacial score (nSPS) is 10.7. The van der Waals surface area contributed by atoms with E-state index >= 15 is 0 Å². The smallest absolute Gasteiger partial charge is 0.168 e. The Morgan fingerprint density at radius 1 is 1.44 bits per heavy atom. The van der Waals surface area contributed by atoms with Crippen molar-refractivity contribution in [1.29, 1.82) is 0 Å². The van der Waals surface area contributed by atoms with Gasteiger partial charge in [0.1, 0.15) is 5.82 Å². The third-order valence-corrected chi connectivity index (χ3v) is 2.99. The second-order valence-corrected chi connectivity index (χ2v) is 4.54. The third-order valence-electron chi connectivity index (χ3n) is 2.68. The fourth-order valence-electron chi connectivity index (χ4n) is 1.77. The van der Waals surface area contributed by atoms with Gasteiger partial charge >= 0.3 is 0 Å². The molecule has 0 atom stereocenters. The van der Waals surface area contributed by atoms with E-state index in [9.17, 15) is 9.18 Å². The van der Waals surface area contributed by atoms with E-state index in [1.807, 2.05) is 13.0 Å². The van der Waals surface area contributed by atoms with Crippen molar-refractivity contribution in [3.05, 3.63) is 52.1 Å². The number of Topliss-reactive ketones (excluding diaryl/α,β-unsaturated/α-hetero) is 1. The lowest BCUT2D eigenvalue weighted by Gasteiger charge is -2.03. The van der Waals surface area contributed by atoms with Gasteiger partial charge in [0.25, 0.3) is 0 Å². The molecule has 0 aliphatic carbocycles. The van der Waals surface area contributed by atoms with E-state index in [4.69, 9.17) is 11.6 Å². The predicted octanol–water partition coefficient (Wildman–Crippen LogP) is 2.95. The van der Waals surface area contributed by atoms with Crippen LogP contribution in [0.5, 0.6) is 0 Å². The summed E-state index contributed by atoms with van der Waals surface area (Å²) in [7, 11) is 1.78. The highest BCUT2D eigenvalue weighted by Crippen LogP contribution is 2.17. The SMILES string of the molecule is Cc1cc(CC(=O)c2ccc(Cl)c(F)c2)n(C)n1. The molecule has 0 saturated heterocycles. The highest BCUT2D eigenvalue weighted by molar-refractivity contribution is 6.30. The van der Waals surface area contributed by atoms with Crippen molar-refractivity contribution in [2.24, 2.45) is 7.05 Å². The number of rotatable bonds is 3. The van der Waals surface area contributed by atoms with Crippen LogP contribution in [0.3, 0.4) is 0 Å². The number of hydrogen-bond donors (Lipinski definition) is 0. The zero-order valence-electron chi connectivity index (χ0n) is 10.1. The lowest BCUT2D eigenvalue weighted by Crippen LogP contribution is -2.08. The minimum Gasteiger partial charge on any atom is -0.294 e. The van der Waals surface area contributed by atoms with Gasteiger partial charge in [-0.05, 0) is 31.2 Å². The van der Waals surface area contributed by atoms with E-state index in [1.54, 1.807) is 11.7 Å². The van der Waals surface area contributed by atoms with E-state index < -0.39 is 5.82 Å². The molecule has 3 nitrogen and oxygen atoms in total. The van der Waals surface area contributed by atoms with E-state index in [1.165, 1.54) is 12.1 Å². The van der Waals surface area contributed by atoms with Gasteiger partial charge in [-0.1, -0.05) is 11.6 Å². The monoisotopic (exact) mass is 266 g/mol. The molecule has 18 heavy (non-hydrogen) atoms. The molecule has 0 aliphatic rings. The molecule has 2 aromatic rings. The molecule has 0 aliphatic heterocycles. The van der Waals surface area contributed by atoms with Crippen LogP contribution in [0.25, 0.3) is 0 Å². The Labute approximate surface area is 109 Å². The van der Waals surface area contributed by atoms with Gasteiger partial charge < -0.3 is 0 Å². The molecule has 1 aromatic carbocycles. The number of halogens is 2. The summed E-state index contributed by atoms with van der Waals surface area (Å²) in [5.74, 6) is -0.739. The number of benzene rings is 1. The Balaban J connectivity index is 2.22. The molecule has 0 fully saturated rings. The van der Waals surface area contributed by atoms with Crippen LogP contribution in [0.2, 0.25) is 5.02 Å². The Kier molecular flexibility index (Phi) is 3.48. The molecule has 94 valence electrons. The van der Waals surface area contributed by atoms with Crippen molar-refractivity contribution in [3.8, 4) is 0 Å². The largest absolute Gasteiger partial charge is 0.294 e. The molecule has 0 unspecified atom stereocenters. The molecule has 0 N–H and O–H groups in total. The fraction of sp³-hybridized carbons (Fsp3) is 0.231. The molecule has 0 spiro atoms. The first-order chi connectivity index (χ1) is 8.47. The second kappa shape index (κ2) is 4.90. The number of ketones is 1. The van der Waals surface area contributed by atoms with Gasteiger partial charge in [0.05, 0.1) is 17.1 Å². The Hall–Kier alpha value is -1.68. The number of carbonyl (C=O) groups excluding carboxylic acids is 1. The maximum absolute atomic E-state index is 13.3. The number of nitrogens with zero attached hydrogens (tertiary/aromatic N) is 2. The van der Waals surface area contributed by atoms with Crippen LogP contribution < -0.4 is 0 Å². The third kappa shape index (κ3) is 2.59. The van der Waals surface area contributed by atoms with Crippen LogP contribution in [0, 0.1) is 12.7 Å². The van der Waals surface area contributed by atoms with Crippen LogP contribution in [0.15, 0.2) is 24.3 Å². The molecule has 0 saturated carbocycles. The van der Waals surface area contributed by atoms with Gasteiger partial charge in [0.2, 0.25) is 0 Å². The van der Waals surface area contributed by atoms with Gasteiger partial charge in [0.15, 0.2) is 5.78 Å². The van der Waals surface area contributed by atoms with Crippen LogP contribution in [-0.4, -0.2) is 15.6 Å². The van der Waals surface area contributed by atoms with Gasteiger partial charge in [-0.2, -0.15) is 5.10 Å². The van der Waals surface area contributed by atoms with Crippen molar-refractivity contribution < 1.29 is 9.18 Å². The standard InChI is InChI=1S/C13H12ClFN2O/c1-8-5-10(17(2)16-8)7-13(18)9-3-4-11(14)12(15)6-9/h3-6H,7H2,1-2H3. The average molecular weight is 267 g/mol. The second-order valence-electron chi connectivity index (χ2n) is 4.13. The summed E-state index contributed by atoms with van der Waals surface area (Å²) in [6.45, 7) is 1.86. The average Bonchev–Trinajstić information content (AvgIpc) is 2.61. The molecular weight excluding hydrogens is 255 g/mol. The Morgan fingerprint density at radius 3 is 2.72 bits per heavy atom. The summed E-state index contributed by atoms with van der Waals surface area (Å²) < 4.78 is 14.9. The lowest BCUT2D eigenvalue weighted by atomic mass is 10.1. The topological polar surface area (TPSA) is 34.9 Å². The quantitative estimate of drug-likeness (QED) is 0.801. The van der Waals surface area contributed by atoms with Crippen molar-refractivity contribution in [3.63, 3.8) is 0 Å². The van der Waals surface area contributed by atoms with Crippen molar-refractivity contribution in [2.45, 2.75) is 13.3 Å². The Bertz CT molecular complexity index is 607. The number of hydrogen-bond acceptors (Lipinski definition) is 2. The highest BCUT2D eigenvalue weighted by atomic mass is 35.5. The van der Waals surface area contributed by atoms with Gasteiger partial charge in [-0.3, -0.25) is 9.48 Å². The van der Waals surface area contributed by atoms with Gasteiger partial charge in [-0.25, -0.2) is 4.39 Å². The maximum atomic E-state index is 13.3. The summed E-state index contributed by atoms with van der Waals surface area (Å²) in [5, 5.41) is 4.18. The van der Waals surface area contributed by atoms with E-state index in [0.29, 0.717) is 5.56 Å². The van der Waals surface area contributed by atoms with Crippen LogP contribution in [0.1, 0.15) is 21.7 Å². The minimum absolute atomic E-state index is 0.0166. The lowest BCUT2D eigenvalue weighted by molar-refractivity contribution is 0.0990. The first kappa shape index (κ1) is 12.8. The molecule has 1 aromatic heterocycles. The minimum atomic E-state index is -0.580. The molecule has 0 bridgehead atoms. The summed E-state index contributed by atoms with van der Waals surface area (Å²) in [4.78, 5) is 12.0. The fourth-order valence-corrected chi connectivity index (χ4v) is 1.88. The van der Waals surface area contributed by atoms with E-state index in [2.05, 4.69) is 5.10 Å². The number of aromatic nitrogens is 2. The maximum Gasteiger partial charge on any atom is 0.168 e. The zero-order valence-corrected chi connectivity index (χ0v) is 10.8. The summed E-state index contributed by atoms with van der Waals surface area (Å²) in [5.41, 5.74) is 1.96. The summed E-state index contributed by atoms with van der Waals surface area (Å²) in [6, 6.07) is 5.91. The van der Waals surface area contributed by atoms with Crippen LogP contribution in [0.4, 0.5) is 4.39 Å². The van der Waals surface area contributed by atoms with Crippen LogP contribution >= 0.6 is 11.6 Å². The van der Waals surface area contributed by atoms with Crippen molar-refractivity contribution in [2.75, 3.05) is 0 Å². The first-order valence-corrected chi connectivity index (χ1v) is 5.83. The van der Waals surface area contributed by atoms with E-state index in [-0.39, 0.29) is 17.2 Å². The van der Waals surface area contributed by atoms with Gasteiger partial charge in [0, 0.05) is 18.3 Å². The molecule has 5 heteroatoms. The highest BCUT2D eigenvalue weighted by Gasteiger charge is 2.12. The Morgan fingerprint density at radius 2 is 2.17 bits per heavy atom. The first-order valence-electron chi connectivity index (χ1n) is 5.45. The zero-order chi connectivity index (χ0) is 13.3. The van der Waals surface area contributed by atoms with Crippen molar-refractivity contribution >= 4 is 17.4 Å². The van der Waals surface area contributed by atoms with Gasteiger partial charge in [-0.15, -0.1) is 0 Å². The van der Waals surface area contributed by atoms with Crippen molar-refractivity contribution in [1.82, 2.24) is 9.78 Å². The number of carbonyl (C=O) groups is 1. The number of aryl methyl sites for hydroxylation is 2. The van der Waals surface area contributed by atoms with Crippen LogP contribution in [-0.2, 0) is 13.5 Å². The molecule has 1 heterocycles. The molecule has 0 radical (unpaired) electrons. The summed E-state index contributed by atoms with van der Waals surface area (Å²) in [6.07, 6.45) is 0.193.